The van der Waals surface area contributed by atoms with Gasteiger partial charge in [-0.3, -0.25) is 9.69 Å². The lowest BCUT2D eigenvalue weighted by Crippen LogP contribution is -2.40. The lowest BCUT2D eigenvalue weighted by molar-refractivity contribution is -0.123. The number of rotatable bonds is 5. The standard InChI is InChI=1S/C19H21ClN2O2/c20-16-6-8-17(9-7-16)24-18-5-1-3-14(11-18)12-22-10-2-4-15(13-22)19(21)23/h1,3,5-9,11,15H,2,4,10,12-13H2,(H2,21,23). The number of carbonyl (C=O) groups excluding carboxylic acids is 1. The topological polar surface area (TPSA) is 55.6 Å². The predicted octanol–water partition coefficient (Wildman–Crippen LogP) is 3.83. The van der Waals surface area contributed by atoms with E-state index in [2.05, 4.69) is 11.0 Å². The van der Waals surface area contributed by atoms with Gasteiger partial charge < -0.3 is 10.5 Å². The second-order valence-electron chi connectivity index (χ2n) is 6.18. The Balaban J connectivity index is 1.64. The molecule has 1 aliphatic heterocycles. The maximum Gasteiger partial charge on any atom is 0.221 e. The predicted molar refractivity (Wildman–Crippen MR) is 95.2 cm³/mol. The summed E-state index contributed by atoms with van der Waals surface area (Å²) in [5.74, 6) is 1.31. The Hall–Kier alpha value is -2.04. The Morgan fingerprint density at radius 2 is 2.00 bits per heavy atom. The molecule has 1 fully saturated rings. The highest BCUT2D eigenvalue weighted by atomic mass is 35.5. The molecule has 0 aromatic heterocycles. The highest BCUT2D eigenvalue weighted by Gasteiger charge is 2.23. The summed E-state index contributed by atoms with van der Waals surface area (Å²) >= 11 is 5.89. The number of piperidine rings is 1. The van der Waals surface area contributed by atoms with Crippen LogP contribution in [0.4, 0.5) is 0 Å². The van der Waals surface area contributed by atoms with Crippen molar-refractivity contribution in [2.45, 2.75) is 19.4 Å². The third kappa shape index (κ3) is 4.49. The summed E-state index contributed by atoms with van der Waals surface area (Å²) in [6.07, 6.45) is 1.90. The molecular formula is C19H21ClN2O2. The molecule has 0 aliphatic carbocycles. The van der Waals surface area contributed by atoms with Crippen LogP contribution in [-0.2, 0) is 11.3 Å². The number of hydrogen-bond acceptors (Lipinski definition) is 3. The first-order valence-electron chi connectivity index (χ1n) is 8.14. The smallest absolute Gasteiger partial charge is 0.221 e. The summed E-state index contributed by atoms with van der Waals surface area (Å²) < 4.78 is 5.87. The summed E-state index contributed by atoms with van der Waals surface area (Å²) in [5, 5.41) is 0.685. The summed E-state index contributed by atoms with van der Waals surface area (Å²) in [4.78, 5) is 13.7. The zero-order chi connectivity index (χ0) is 16.9. The third-order valence-corrected chi connectivity index (χ3v) is 4.51. The van der Waals surface area contributed by atoms with Gasteiger partial charge in [0.1, 0.15) is 11.5 Å². The van der Waals surface area contributed by atoms with Crippen LogP contribution in [0.2, 0.25) is 5.02 Å². The highest BCUT2D eigenvalue weighted by Crippen LogP contribution is 2.25. The molecule has 24 heavy (non-hydrogen) atoms. The van der Waals surface area contributed by atoms with Crippen molar-refractivity contribution in [1.82, 2.24) is 4.90 Å². The van der Waals surface area contributed by atoms with E-state index in [-0.39, 0.29) is 11.8 Å². The van der Waals surface area contributed by atoms with E-state index in [4.69, 9.17) is 22.1 Å². The molecule has 0 saturated carbocycles. The molecule has 4 nitrogen and oxygen atoms in total. The molecule has 1 aliphatic rings. The molecule has 1 heterocycles. The van der Waals surface area contributed by atoms with Crippen LogP contribution in [-0.4, -0.2) is 23.9 Å². The molecule has 1 unspecified atom stereocenters. The zero-order valence-corrected chi connectivity index (χ0v) is 14.2. The van der Waals surface area contributed by atoms with Crippen LogP contribution in [0.5, 0.6) is 11.5 Å². The van der Waals surface area contributed by atoms with Crippen molar-refractivity contribution in [2.24, 2.45) is 11.7 Å². The third-order valence-electron chi connectivity index (χ3n) is 4.26. The van der Waals surface area contributed by atoms with Crippen molar-refractivity contribution < 1.29 is 9.53 Å². The maximum absolute atomic E-state index is 11.4. The SMILES string of the molecule is NC(=O)C1CCCN(Cc2cccc(Oc3ccc(Cl)cc3)c2)C1. The molecule has 0 spiro atoms. The van der Waals surface area contributed by atoms with E-state index in [9.17, 15) is 4.79 Å². The number of primary amides is 1. The van der Waals surface area contributed by atoms with E-state index in [1.54, 1.807) is 12.1 Å². The molecule has 2 N–H and O–H groups in total. The van der Waals surface area contributed by atoms with Crippen LogP contribution in [0, 0.1) is 5.92 Å². The molecule has 5 heteroatoms. The van der Waals surface area contributed by atoms with Gasteiger partial charge in [0.2, 0.25) is 5.91 Å². The Kier molecular flexibility index (Phi) is 5.38. The number of hydrogen-bond donors (Lipinski definition) is 1. The number of nitrogens with two attached hydrogens (primary N) is 1. The number of likely N-dealkylation sites (tertiary alicyclic amines) is 1. The Bertz CT molecular complexity index is 703. The van der Waals surface area contributed by atoms with Crippen LogP contribution in [0.15, 0.2) is 48.5 Å². The molecular weight excluding hydrogens is 324 g/mol. The van der Waals surface area contributed by atoms with Crippen LogP contribution in [0.25, 0.3) is 0 Å². The second kappa shape index (κ2) is 7.69. The molecule has 1 atom stereocenters. The van der Waals surface area contributed by atoms with Gasteiger partial charge in [-0.2, -0.15) is 0 Å². The van der Waals surface area contributed by atoms with Gasteiger partial charge in [0.25, 0.3) is 0 Å². The van der Waals surface area contributed by atoms with Crippen LogP contribution in [0.3, 0.4) is 0 Å². The minimum absolute atomic E-state index is 0.0350. The Labute approximate surface area is 147 Å². The van der Waals surface area contributed by atoms with Gasteiger partial charge in [-0.15, -0.1) is 0 Å². The zero-order valence-electron chi connectivity index (χ0n) is 13.5. The summed E-state index contributed by atoms with van der Waals surface area (Å²) in [6.45, 7) is 2.52. The van der Waals surface area contributed by atoms with Crippen molar-refractivity contribution >= 4 is 17.5 Å². The molecule has 1 saturated heterocycles. The fraction of sp³-hybridized carbons (Fsp3) is 0.316. The fourth-order valence-corrected chi connectivity index (χ4v) is 3.16. The lowest BCUT2D eigenvalue weighted by Gasteiger charge is -2.31. The van der Waals surface area contributed by atoms with Gasteiger partial charge in [-0.1, -0.05) is 23.7 Å². The largest absolute Gasteiger partial charge is 0.457 e. The molecule has 2 aromatic rings. The van der Waals surface area contributed by atoms with Crippen LogP contribution < -0.4 is 10.5 Å². The molecule has 0 radical (unpaired) electrons. The van der Waals surface area contributed by atoms with Crippen molar-refractivity contribution in [3.63, 3.8) is 0 Å². The maximum atomic E-state index is 11.4. The van der Waals surface area contributed by atoms with Crippen LogP contribution >= 0.6 is 11.6 Å². The van der Waals surface area contributed by atoms with Gasteiger partial charge >= 0.3 is 0 Å². The molecule has 0 bridgehead atoms. The number of ether oxygens (including phenoxy) is 1. The minimum Gasteiger partial charge on any atom is -0.457 e. The average Bonchev–Trinajstić information content (AvgIpc) is 2.57. The Morgan fingerprint density at radius 3 is 2.75 bits per heavy atom. The summed E-state index contributed by atoms with van der Waals surface area (Å²) in [6, 6.07) is 15.3. The Morgan fingerprint density at radius 1 is 1.21 bits per heavy atom. The van der Waals surface area contributed by atoms with E-state index in [1.165, 1.54) is 0 Å². The first kappa shape index (κ1) is 16.8. The second-order valence-corrected chi connectivity index (χ2v) is 6.62. The molecule has 1 amide bonds. The van der Waals surface area contributed by atoms with Crippen molar-refractivity contribution in [3.8, 4) is 11.5 Å². The van der Waals surface area contributed by atoms with Crippen molar-refractivity contribution in [3.05, 3.63) is 59.1 Å². The summed E-state index contributed by atoms with van der Waals surface area (Å²) in [7, 11) is 0. The number of nitrogens with zero attached hydrogens (tertiary/aromatic N) is 1. The van der Waals surface area contributed by atoms with Gasteiger partial charge in [0.15, 0.2) is 0 Å². The van der Waals surface area contributed by atoms with Gasteiger partial charge in [0, 0.05) is 18.1 Å². The van der Waals surface area contributed by atoms with Crippen LogP contribution in [0.1, 0.15) is 18.4 Å². The average molecular weight is 345 g/mol. The van der Waals surface area contributed by atoms with E-state index in [1.807, 2.05) is 30.3 Å². The van der Waals surface area contributed by atoms with E-state index >= 15 is 0 Å². The number of halogens is 1. The molecule has 3 rings (SSSR count). The normalized spacial score (nSPS) is 18.3. The van der Waals surface area contributed by atoms with Gasteiger partial charge in [0.05, 0.1) is 5.92 Å². The van der Waals surface area contributed by atoms with E-state index in [0.717, 1.165) is 49.5 Å². The molecule has 2 aromatic carbocycles. The number of benzene rings is 2. The first-order valence-corrected chi connectivity index (χ1v) is 8.52. The van der Waals surface area contributed by atoms with Gasteiger partial charge in [-0.05, 0) is 61.3 Å². The summed E-state index contributed by atoms with van der Waals surface area (Å²) in [5.41, 5.74) is 6.61. The van der Waals surface area contributed by atoms with Crippen molar-refractivity contribution in [2.75, 3.05) is 13.1 Å². The minimum atomic E-state index is -0.195. The quantitative estimate of drug-likeness (QED) is 0.896. The number of amides is 1. The molecule has 126 valence electrons. The number of carbonyl (C=O) groups is 1. The van der Waals surface area contributed by atoms with E-state index < -0.39 is 0 Å². The fourth-order valence-electron chi connectivity index (χ4n) is 3.04. The lowest BCUT2D eigenvalue weighted by atomic mass is 9.97. The first-order chi connectivity index (χ1) is 11.6. The highest BCUT2D eigenvalue weighted by molar-refractivity contribution is 6.30. The van der Waals surface area contributed by atoms with Crippen molar-refractivity contribution in [1.29, 1.82) is 0 Å². The van der Waals surface area contributed by atoms with E-state index in [0.29, 0.717) is 5.02 Å². The monoisotopic (exact) mass is 344 g/mol. The van der Waals surface area contributed by atoms with Gasteiger partial charge in [-0.25, -0.2) is 0 Å².